The second-order valence-electron chi connectivity index (χ2n) is 6.73. The number of aromatic nitrogens is 2. The van der Waals surface area contributed by atoms with E-state index in [1.165, 1.54) is 19.2 Å². The largest absolute Gasteiger partial charge is 0.493 e. The quantitative estimate of drug-likeness (QED) is 0.190. The minimum Gasteiger partial charge on any atom is -0.493 e. The third-order valence-corrected chi connectivity index (χ3v) is 5.17. The highest BCUT2D eigenvalue weighted by Crippen LogP contribution is 2.32. The standard InChI is InChI=1S/C22H21ClF2N3O4S/c1-30-28(29)16-8-14(13-33-2)9-17(11-16)31-6-3-7-32-20-10-15(24)4-5-18(20)21-19(25)12-26-22(23)27-21/h4-5,8-12H,3,6-7,13H2,1-2H3/q+1. The van der Waals surface area contributed by atoms with Gasteiger partial charge in [0.1, 0.15) is 23.0 Å². The highest BCUT2D eigenvalue weighted by molar-refractivity contribution is 7.97. The van der Waals surface area contributed by atoms with Gasteiger partial charge in [-0.3, -0.25) is 0 Å². The van der Waals surface area contributed by atoms with Gasteiger partial charge in [0, 0.05) is 29.9 Å². The Morgan fingerprint density at radius 1 is 1.12 bits per heavy atom. The summed E-state index contributed by atoms with van der Waals surface area (Å²) in [5, 5.41) is -0.136. The predicted octanol–water partition coefficient (Wildman–Crippen LogP) is 5.76. The van der Waals surface area contributed by atoms with Crippen molar-refractivity contribution in [2.24, 2.45) is 0 Å². The van der Waals surface area contributed by atoms with E-state index in [9.17, 15) is 13.7 Å². The lowest BCUT2D eigenvalue weighted by Crippen LogP contribution is -2.07. The van der Waals surface area contributed by atoms with Crippen LogP contribution in [0.15, 0.2) is 42.6 Å². The Bertz CT molecular complexity index is 1140. The average molecular weight is 497 g/mol. The first-order valence-corrected chi connectivity index (χ1v) is 11.6. The van der Waals surface area contributed by atoms with Gasteiger partial charge < -0.3 is 9.47 Å². The highest BCUT2D eigenvalue weighted by atomic mass is 35.5. The number of ether oxygens (including phenoxy) is 2. The summed E-state index contributed by atoms with van der Waals surface area (Å²) in [6, 6.07) is 8.85. The third-order valence-electron chi connectivity index (χ3n) is 4.37. The molecule has 0 bridgehead atoms. The zero-order chi connectivity index (χ0) is 23.8. The fourth-order valence-electron chi connectivity index (χ4n) is 2.96. The lowest BCUT2D eigenvalue weighted by Gasteiger charge is -2.12. The topological polar surface area (TPSA) is 73.6 Å². The molecule has 0 aliphatic rings. The van der Waals surface area contributed by atoms with Crippen LogP contribution in [0.1, 0.15) is 12.0 Å². The summed E-state index contributed by atoms with van der Waals surface area (Å²) in [6.45, 7) is 0.437. The van der Waals surface area contributed by atoms with Crippen LogP contribution in [-0.2, 0) is 10.6 Å². The van der Waals surface area contributed by atoms with Gasteiger partial charge >= 0.3 is 5.69 Å². The monoisotopic (exact) mass is 496 g/mol. The van der Waals surface area contributed by atoms with E-state index in [1.54, 1.807) is 23.9 Å². The van der Waals surface area contributed by atoms with Crippen LogP contribution in [0.3, 0.4) is 0 Å². The van der Waals surface area contributed by atoms with Crippen LogP contribution in [0.25, 0.3) is 11.3 Å². The fourth-order valence-corrected chi connectivity index (χ4v) is 3.60. The van der Waals surface area contributed by atoms with Crippen LogP contribution in [-0.4, -0.2) is 41.5 Å². The van der Waals surface area contributed by atoms with Gasteiger partial charge in [0.2, 0.25) is 5.28 Å². The van der Waals surface area contributed by atoms with Crippen LogP contribution in [0.4, 0.5) is 14.5 Å². The molecule has 0 saturated carbocycles. The number of hydrogen-bond donors (Lipinski definition) is 0. The Labute approximate surface area is 198 Å². The first-order valence-electron chi connectivity index (χ1n) is 9.79. The molecule has 0 N–H and O–H groups in total. The molecule has 0 saturated heterocycles. The van der Waals surface area contributed by atoms with E-state index < -0.39 is 11.6 Å². The summed E-state index contributed by atoms with van der Waals surface area (Å²) in [7, 11) is 1.29. The van der Waals surface area contributed by atoms with E-state index in [0.29, 0.717) is 28.5 Å². The molecule has 0 atom stereocenters. The van der Waals surface area contributed by atoms with E-state index in [0.717, 1.165) is 17.8 Å². The summed E-state index contributed by atoms with van der Waals surface area (Å²) in [5.74, 6) is 0.0952. The molecule has 1 aromatic heterocycles. The maximum absolute atomic E-state index is 14.2. The molecule has 3 aromatic rings. The van der Waals surface area contributed by atoms with Gasteiger partial charge in [0.25, 0.3) is 4.92 Å². The predicted molar refractivity (Wildman–Crippen MR) is 122 cm³/mol. The number of nitrogens with zero attached hydrogens (tertiary/aromatic N) is 3. The van der Waals surface area contributed by atoms with Crippen molar-refractivity contribution in [3.8, 4) is 22.8 Å². The Morgan fingerprint density at radius 3 is 2.67 bits per heavy atom. The molecule has 3 rings (SSSR count). The number of halogens is 3. The number of benzene rings is 2. The van der Waals surface area contributed by atoms with Crippen molar-refractivity contribution in [3.05, 3.63) is 70.0 Å². The molecule has 11 heteroatoms. The molecule has 0 unspecified atom stereocenters. The van der Waals surface area contributed by atoms with Crippen molar-refractivity contribution in [3.63, 3.8) is 0 Å². The van der Waals surface area contributed by atoms with Gasteiger partial charge in [-0.25, -0.2) is 23.6 Å². The molecule has 0 spiro atoms. The average Bonchev–Trinajstić information content (AvgIpc) is 2.80. The molecule has 2 aromatic carbocycles. The van der Waals surface area contributed by atoms with Gasteiger partial charge in [-0.1, -0.05) is 0 Å². The Hall–Kier alpha value is -2.98. The van der Waals surface area contributed by atoms with E-state index in [-0.39, 0.29) is 35.5 Å². The molecule has 0 aliphatic carbocycles. The van der Waals surface area contributed by atoms with Crippen LogP contribution >= 0.6 is 23.4 Å². The van der Waals surface area contributed by atoms with Crippen molar-refractivity contribution in [2.45, 2.75) is 12.2 Å². The molecule has 174 valence electrons. The van der Waals surface area contributed by atoms with Crippen LogP contribution in [0.2, 0.25) is 5.28 Å². The Morgan fingerprint density at radius 2 is 1.91 bits per heavy atom. The Balaban J connectivity index is 1.64. The highest BCUT2D eigenvalue weighted by Gasteiger charge is 2.18. The molecule has 0 aliphatic heterocycles. The lowest BCUT2D eigenvalue weighted by molar-refractivity contribution is -0.736. The van der Waals surface area contributed by atoms with Gasteiger partial charge in [0.15, 0.2) is 12.9 Å². The maximum atomic E-state index is 14.2. The van der Waals surface area contributed by atoms with E-state index in [4.69, 9.17) is 25.9 Å². The summed E-state index contributed by atoms with van der Waals surface area (Å²) >= 11 is 7.38. The zero-order valence-electron chi connectivity index (χ0n) is 17.9. The summed E-state index contributed by atoms with van der Waals surface area (Å²) in [6.07, 6.45) is 3.34. The number of hydrogen-bond acceptors (Lipinski definition) is 7. The molecular weight excluding hydrogens is 476 g/mol. The van der Waals surface area contributed by atoms with E-state index in [2.05, 4.69) is 9.97 Å². The number of rotatable bonds is 11. The molecule has 33 heavy (non-hydrogen) atoms. The van der Waals surface area contributed by atoms with Crippen molar-refractivity contribution < 1.29 is 28.0 Å². The maximum Gasteiger partial charge on any atom is 0.320 e. The van der Waals surface area contributed by atoms with Gasteiger partial charge in [0.05, 0.1) is 30.4 Å². The van der Waals surface area contributed by atoms with Crippen molar-refractivity contribution >= 4 is 29.1 Å². The van der Waals surface area contributed by atoms with Crippen molar-refractivity contribution in [1.29, 1.82) is 0 Å². The van der Waals surface area contributed by atoms with Crippen LogP contribution < -0.4 is 9.47 Å². The zero-order valence-corrected chi connectivity index (χ0v) is 19.5. The van der Waals surface area contributed by atoms with Gasteiger partial charge in [-0.05, 0) is 41.6 Å². The molecule has 0 amide bonds. The van der Waals surface area contributed by atoms with Crippen molar-refractivity contribution in [1.82, 2.24) is 9.97 Å². The van der Waals surface area contributed by atoms with Crippen LogP contribution in [0.5, 0.6) is 11.5 Å². The SMILES string of the molecule is CO[N+](=O)c1cc(CSC)cc(OCCCOc2cc(F)ccc2-c2nc(Cl)ncc2F)c1. The summed E-state index contributed by atoms with van der Waals surface area (Å²) < 4.78 is 39.4. The second kappa shape index (κ2) is 11.8. The van der Waals surface area contributed by atoms with Gasteiger partial charge in [-0.2, -0.15) is 11.8 Å². The van der Waals surface area contributed by atoms with E-state index in [1.807, 2.05) is 12.3 Å². The first kappa shape index (κ1) is 24.7. The smallest absolute Gasteiger partial charge is 0.320 e. The molecule has 0 fully saturated rings. The first-order chi connectivity index (χ1) is 15.9. The van der Waals surface area contributed by atoms with E-state index >= 15 is 0 Å². The minimum atomic E-state index is -0.705. The normalized spacial score (nSPS) is 10.7. The summed E-state index contributed by atoms with van der Waals surface area (Å²) in [5.41, 5.74) is 1.41. The minimum absolute atomic E-state index is 0.0836. The fraction of sp³-hybridized carbons (Fsp3) is 0.273. The molecule has 1 heterocycles. The molecule has 0 radical (unpaired) electrons. The van der Waals surface area contributed by atoms with Crippen molar-refractivity contribution in [2.75, 3.05) is 26.6 Å². The molecular formula is C22H21ClF2N3O4S+. The Kier molecular flexibility index (Phi) is 8.79. The lowest BCUT2D eigenvalue weighted by atomic mass is 10.1. The van der Waals surface area contributed by atoms with Crippen LogP contribution in [0, 0.1) is 16.5 Å². The third kappa shape index (κ3) is 6.75. The second-order valence-corrected chi connectivity index (χ2v) is 7.94. The number of thioether (sulfide) groups is 1. The van der Waals surface area contributed by atoms with Gasteiger partial charge in [-0.15, -0.1) is 0 Å². The molecule has 7 nitrogen and oxygen atoms in total. The summed E-state index contributed by atoms with van der Waals surface area (Å²) in [4.78, 5) is 24.4.